The van der Waals surface area contributed by atoms with Crippen LogP contribution in [-0.4, -0.2) is 12.6 Å². The van der Waals surface area contributed by atoms with Crippen molar-refractivity contribution in [3.8, 4) is 23.0 Å². The van der Waals surface area contributed by atoms with E-state index in [0.29, 0.717) is 40.2 Å². The highest BCUT2D eigenvalue weighted by atomic mass is 35.5. The third-order valence-corrected chi connectivity index (χ3v) is 4.87. The number of carbonyl (C=O) groups excluding carboxylic acids is 1. The lowest BCUT2D eigenvalue weighted by molar-refractivity contribution is 0.101. The Bertz CT molecular complexity index is 1150. The van der Waals surface area contributed by atoms with Crippen molar-refractivity contribution in [2.45, 2.75) is 6.61 Å². The van der Waals surface area contributed by atoms with Gasteiger partial charge in [0.25, 0.3) is 0 Å². The summed E-state index contributed by atoms with van der Waals surface area (Å²) in [5.41, 5.74) is 2.26. The lowest BCUT2D eigenvalue weighted by atomic mass is 10.1. The van der Waals surface area contributed by atoms with Crippen LogP contribution in [0.25, 0.3) is 6.08 Å². The van der Waals surface area contributed by atoms with Gasteiger partial charge in [-0.2, -0.15) is 0 Å². The summed E-state index contributed by atoms with van der Waals surface area (Å²) >= 11 is 6.00. The minimum absolute atomic E-state index is 0.168. The van der Waals surface area contributed by atoms with Gasteiger partial charge in [0, 0.05) is 11.1 Å². The van der Waals surface area contributed by atoms with E-state index in [1.807, 2.05) is 42.5 Å². The van der Waals surface area contributed by atoms with Crippen molar-refractivity contribution < 1.29 is 23.7 Å². The lowest BCUT2D eigenvalue weighted by Crippen LogP contribution is -1.98. The molecule has 0 radical (unpaired) electrons. The molecule has 2 heterocycles. The van der Waals surface area contributed by atoms with Crippen molar-refractivity contribution in [2.24, 2.45) is 0 Å². The van der Waals surface area contributed by atoms with Gasteiger partial charge < -0.3 is 18.9 Å². The van der Waals surface area contributed by atoms with E-state index >= 15 is 0 Å². The number of allylic oxidation sites excluding steroid dienone is 1. The quantitative estimate of drug-likeness (QED) is 0.553. The van der Waals surface area contributed by atoms with Crippen molar-refractivity contribution in [1.29, 1.82) is 0 Å². The maximum absolute atomic E-state index is 12.7. The summed E-state index contributed by atoms with van der Waals surface area (Å²) in [4.78, 5) is 12.7. The molecule has 0 unspecified atom stereocenters. The largest absolute Gasteiger partial charge is 0.489 e. The third kappa shape index (κ3) is 3.52. The van der Waals surface area contributed by atoms with Gasteiger partial charge in [0.1, 0.15) is 18.1 Å². The molecule has 5 rings (SSSR count). The number of ether oxygens (including phenoxy) is 4. The summed E-state index contributed by atoms with van der Waals surface area (Å²) in [6.45, 7) is 0.571. The number of halogens is 1. The topological polar surface area (TPSA) is 54.0 Å². The Hall–Kier alpha value is -3.44. The van der Waals surface area contributed by atoms with Crippen LogP contribution in [0.4, 0.5) is 0 Å². The standard InChI is InChI=1S/C23H15ClO5/c24-16-3-1-2-15(8-16)12-26-17-5-6-18-20(11-17)29-22(23(18)25)10-14-4-7-19-21(9-14)28-13-27-19/h1-11H,12-13H2/b22-10-. The fourth-order valence-electron chi connectivity index (χ4n) is 3.20. The van der Waals surface area contributed by atoms with Crippen LogP contribution in [-0.2, 0) is 6.61 Å². The third-order valence-electron chi connectivity index (χ3n) is 4.63. The molecule has 0 amide bonds. The van der Waals surface area contributed by atoms with Crippen LogP contribution in [0.3, 0.4) is 0 Å². The Kier molecular flexibility index (Phi) is 4.37. The van der Waals surface area contributed by atoms with Crippen LogP contribution in [0.5, 0.6) is 23.0 Å². The maximum atomic E-state index is 12.7. The second-order valence-electron chi connectivity index (χ2n) is 6.63. The molecule has 2 aliphatic rings. The highest BCUT2D eigenvalue weighted by molar-refractivity contribution is 6.30. The van der Waals surface area contributed by atoms with Crippen LogP contribution >= 0.6 is 11.6 Å². The first-order valence-corrected chi connectivity index (χ1v) is 9.39. The van der Waals surface area contributed by atoms with Crippen LogP contribution in [0.15, 0.2) is 66.4 Å². The Morgan fingerprint density at radius 3 is 2.76 bits per heavy atom. The molecular formula is C23H15ClO5. The molecule has 144 valence electrons. The number of rotatable bonds is 4. The van der Waals surface area contributed by atoms with Crippen LogP contribution in [0, 0.1) is 0 Å². The summed E-state index contributed by atoms with van der Waals surface area (Å²) < 4.78 is 22.3. The monoisotopic (exact) mass is 406 g/mol. The molecule has 29 heavy (non-hydrogen) atoms. The molecule has 0 N–H and O–H groups in total. The zero-order valence-corrected chi connectivity index (χ0v) is 15.9. The van der Waals surface area contributed by atoms with E-state index in [1.165, 1.54) is 0 Å². The summed E-state index contributed by atoms with van der Waals surface area (Å²) in [7, 11) is 0. The van der Waals surface area contributed by atoms with Gasteiger partial charge in [-0.25, -0.2) is 0 Å². The number of carbonyl (C=O) groups is 1. The van der Waals surface area contributed by atoms with Crippen molar-refractivity contribution in [3.63, 3.8) is 0 Å². The predicted molar refractivity (Wildman–Crippen MR) is 108 cm³/mol. The summed E-state index contributed by atoms with van der Waals surface area (Å²) in [6.07, 6.45) is 1.69. The summed E-state index contributed by atoms with van der Waals surface area (Å²) in [5.74, 6) is 2.52. The average Bonchev–Trinajstić information content (AvgIpc) is 3.31. The van der Waals surface area contributed by atoms with E-state index in [0.717, 1.165) is 11.1 Å². The van der Waals surface area contributed by atoms with Gasteiger partial charge in [-0.05, 0) is 53.6 Å². The minimum Gasteiger partial charge on any atom is -0.489 e. The number of fused-ring (bicyclic) bond motifs is 2. The van der Waals surface area contributed by atoms with Crippen molar-refractivity contribution in [2.75, 3.05) is 6.79 Å². The number of hydrogen-bond acceptors (Lipinski definition) is 5. The summed E-state index contributed by atoms with van der Waals surface area (Å²) in [6, 6.07) is 18.1. The summed E-state index contributed by atoms with van der Waals surface area (Å²) in [5, 5.41) is 0.660. The number of benzene rings is 3. The molecule has 2 aliphatic heterocycles. The Labute approximate surface area is 172 Å². The van der Waals surface area contributed by atoms with E-state index in [2.05, 4.69) is 0 Å². The SMILES string of the molecule is O=C1/C(=C/c2ccc3c(c2)OCO3)Oc2cc(OCc3cccc(Cl)c3)ccc21. The van der Waals surface area contributed by atoms with Gasteiger partial charge >= 0.3 is 0 Å². The second-order valence-corrected chi connectivity index (χ2v) is 7.07. The Morgan fingerprint density at radius 2 is 1.86 bits per heavy atom. The first kappa shape index (κ1) is 17.6. The average molecular weight is 407 g/mol. The van der Waals surface area contributed by atoms with Gasteiger partial charge in [-0.1, -0.05) is 29.8 Å². The van der Waals surface area contributed by atoms with Gasteiger partial charge in [0.15, 0.2) is 17.3 Å². The minimum atomic E-state index is -0.168. The predicted octanol–water partition coefficient (Wildman–Crippen LogP) is 5.26. The molecule has 0 fully saturated rings. The molecular weight excluding hydrogens is 392 g/mol. The number of ketones is 1. The Balaban J connectivity index is 1.34. The molecule has 0 aromatic heterocycles. The lowest BCUT2D eigenvalue weighted by Gasteiger charge is -2.07. The molecule has 0 atom stereocenters. The molecule has 5 nitrogen and oxygen atoms in total. The van der Waals surface area contributed by atoms with Crippen LogP contribution < -0.4 is 18.9 Å². The normalized spacial score (nSPS) is 15.3. The fraction of sp³-hybridized carbons (Fsp3) is 0.0870. The van der Waals surface area contributed by atoms with Crippen molar-refractivity contribution in [3.05, 3.63) is 88.1 Å². The highest BCUT2D eigenvalue weighted by Crippen LogP contribution is 2.37. The van der Waals surface area contributed by atoms with Gasteiger partial charge in [-0.15, -0.1) is 0 Å². The van der Waals surface area contributed by atoms with E-state index in [9.17, 15) is 4.79 Å². The molecule has 6 heteroatoms. The number of hydrogen-bond donors (Lipinski definition) is 0. The molecule has 0 bridgehead atoms. The fourth-order valence-corrected chi connectivity index (χ4v) is 3.42. The molecule has 0 aliphatic carbocycles. The van der Waals surface area contributed by atoms with E-state index < -0.39 is 0 Å². The van der Waals surface area contributed by atoms with Crippen molar-refractivity contribution in [1.82, 2.24) is 0 Å². The van der Waals surface area contributed by atoms with Gasteiger partial charge in [0.2, 0.25) is 12.6 Å². The molecule has 3 aromatic carbocycles. The maximum Gasteiger partial charge on any atom is 0.231 e. The molecule has 0 spiro atoms. The number of Topliss-reactive ketones (excluding diaryl/α,β-unsaturated/α-hetero) is 1. The zero-order chi connectivity index (χ0) is 19.8. The van der Waals surface area contributed by atoms with Gasteiger partial charge in [0.05, 0.1) is 5.56 Å². The molecule has 0 saturated heterocycles. The first-order chi connectivity index (χ1) is 14.2. The molecule has 3 aromatic rings. The van der Waals surface area contributed by atoms with E-state index in [1.54, 1.807) is 24.3 Å². The molecule has 0 saturated carbocycles. The van der Waals surface area contributed by atoms with Crippen molar-refractivity contribution >= 4 is 23.5 Å². The highest BCUT2D eigenvalue weighted by Gasteiger charge is 2.28. The zero-order valence-electron chi connectivity index (χ0n) is 15.2. The van der Waals surface area contributed by atoms with E-state index in [-0.39, 0.29) is 18.3 Å². The smallest absolute Gasteiger partial charge is 0.231 e. The van der Waals surface area contributed by atoms with Crippen LogP contribution in [0.1, 0.15) is 21.5 Å². The van der Waals surface area contributed by atoms with Crippen LogP contribution in [0.2, 0.25) is 5.02 Å². The first-order valence-electron chi connectivity index (χ1n) is 9.01. The van der Waals surface area contributed by atoms with Gasteiger partial charge in [-0.3, -0.25) is 4.79 Å². The second kappa shape index (κ2) is 7.18. The van der Waals surface area contributed by atoms with E-state index in [4.69, 9.17) is 30.5 Å². The Morgan fingerprint density at radius 1 is 0.966 bits per heavy atom.